The average molecular weight is 195 g/mol. The van der Waals surface area contributed by atoms with E-state index in [9.17, 15) is 0 Å². The van der Waals surface area contributed by atoms with E-state index in [4.69, 9.17) is 10.5 Å². The molecular weight excluding hydrogens is 186 g/mol. The molecule has 0 saturated heterocycles. The summed E-state index contributed by atoms with van der Waals surface area (Å²) >= 11 is 0. The summed E-state index contributed by atoms with van der Waals surface area (Å²) in [6.07, 6.45) is 2.98. The molecule has 1 rings (SSSR count). The molecular formula is C12H9N3. The lowest BCUT2D eigenvalue weighted by Crippen LogP contribution is -1.96. The Morgan fingerprint density at radius 3 is 2.80 bits per heavy atom. The van der Waals surface area contributed by atoms with E-state index >= 15 is 0 Å². The molecule has 0 aliphatic heterocycles. The summed E-state index contributed by atoms with van der Waals surface area (Å²) in [6, 6.07) is 11.1. The predicted molar refractivity (Wildman–Crippen MR) is 58.4 cm³/mol. The largest absolute Gasteiger partial charge is 0.288 e. The minimum atomic E-state index is 0.582. The summed E-state index contributed by atoms with van der Waals surface area (Å²) in [6.45, 7) is 0. The molecule has 0 saturated carbocycles. The molecule has 0 atom stereocenters. The lowest BCUT2D eigenvalue weighted by Gasteiger charge is -1.99. The van der Waals surface area contributed by atoms with E-state index in [0.717, 1.165) is 5.56 Å². The van der Waals surface area contributed by atoms with Gasteiger partial charge in [-0.05, 0) is 18.2 Å². The Labute approximate surface area is 88.6 Å². The molecule has 3 nitrogen and oxygen atoms in total. The second kappa shape index (κ2) is 5.36. The molecule has 0 aliphatic carbocycles. The van der Waals surface area contributed by atoms with Crippen LogP contribution in [0, 0.1) is 22.7 Å². The van der Waals surface area contributed by atoms with Crippen LogP contribution in [0.1, 0.15) is 11.1 Å². The Balaban J connectivity index is 3.10. The summed E-state index contributed by atoms with van der Waals surface area (Å²) in [7, 11) is 1.65. The summed E-state index contributed by atoms with van der Waals surface area (Å²) in [5, 5.41) is 17.1. The van der Waals surface area contributed by atoms with Gasteiger partial charge in [-0.3, -0.25) is 4.99 Å². The number of nitrogens with zero attached hydrogens (tertiary/aromatic N) is 3. The number of benzene rings is 1. The second-order valence-corrected chi connectivity index (χ2v) is 2.76. The Kier molecular flexibility index (Phi) is 3.82. The molecule has 0 heterocycles. The van der Waals surface area contributed by atoms with Crippen molar-refractivity contribution in [3.8, 4) is 12.1 Å². The van der Waals surface area contributed by atoms with Crippen molar-refractivity contribution in [1.82, 2.24) is 0 Å². The monoisotopic (exact) mass is 195 g/mol. The van der Waals surface area contributed by atoms with Crippen LogP contribution in [0.4, 0.5) is 0 Å². The highest BCUT2D eigenvalue weighted by Gasteiger charge is 1.99. The lowest BCUT2D eigenvalue weighted by atomic mass is 10.1. The zero-order valence-corrected chi connectivity index (χ0v) is 8.31. The van der Waals surface area contributed by atoms with Crippen molar-refractivity contribution >= 4 is 5.71 Å². The van der Waals surface area contributed by atoms with Crippen LogP contribution in [0.3, 0.4) is 0 Å². The van der Waals surface area contributed by atoms with Gasteiger partial charge in [-0.15, -0.1) is 0 Å². The summed E-state index contributed by atoms with van der Waals surface area (Å²) < 4.78 is 0. The topological polar surface area (TPSA) is 59.9 Å². The first-order valence-electron chi connectivity index (χ1n) is 4.35. The Morgan fingerprint density at radius 2 is 2.20 bits per heavy atom. The molecule has 0 aliphatic rings. The average Bonchev–Trinajstić information content (AvgIpc) is 2.30. The minimum absolute atomic E-state index is 0.582. The van der Waals surface area contributed by atoms with E-state index in [1.165, 1.54) is 6.08 Å². The van der Waals surface area contributed by atoms with Gasteiger partial charge in [0.05, 0.1) is 23.4 Å². The first-order chi connectivity index (χ1) is 7.31. The van der Waals surface area contributed by atoms with Crippen LogP contribution < -0.4 is 0 Å². The van der Waals surface area contributed by atoms with E-state index in [2.05, 4.69) is 11.1 Å². The fourth-order valence-corrected chi connectivity index (χ4v) is 1.16. The lowest BCUT2D eigenvalue weighted by molar-refractivity contribution is 1.42. The first kappa shape index (κ1) is 10.7. The summed E-state index contributed by atoms with van der Waals surface area (Å²) in [5.74, 6) is 0. The Bertz CT molecular complexity index is 484. The molecule has 0 bridgehead atoms. The van der Waals surface area contributed by atoms with Gasteiger partial charge in [-0.2, -0.15) is 10.5 Å². The number of hydrogen-bond donors (Lipinski definition) is 0. The number of aliphatic imine (C=N–C) groups is 1. The number of allylic oxidation sites excluding steroid dienone is 2. The van der Waals surface area contributed by atoms with E-state index < -0.39 is 0 Å². The third-order valence-corrected chi connectivity index (χ3v) is 1.84. The van der Waals surface area contributed by atoms with Gasteiger partial charge in [0.2, 0.25) is 0 Å². The van der Waals surface area contributed by atoms with Gasteiger partial charge in [-0.1, -0.05) is 12.1 Å². The van der Waals surface area contributed by atoms with Gasteiger partial charge in [-0.25, -0.2) is 0 Å². The molecule has 0 amide bonds. The number of nitriles is 2. The van der Waals surface area contributed by atoms with Crippen molar-refractivity contribution in [2.24, 2.45) is 4.99 Å². The van der Waals surface area contributed by atoms with Crippen molar-refractivity contribution in [2.45, 2.75) is 0 Å². The van der Waals surface area contributed by atoms with Gasteiger partial charge in [0.25, 0.3) is 0 Å². The molecule has 0 spiro atoms. The molecule has 1 aromatic carbocycles. The maximum absolute atomic E-state index is 8.73. The molecule has 1 aromatic rings. The van der Waals surface area contributed by atoms with E-state index in [-0.39, 0.29) is 0 Å². The maximum Gasteiger partial charge on any atom is 0.0991 e. The summed E-state index contributed by atoms with van der Waals surface area (Å²) in [4.78, 5) is 4.04. The van der Waals surface area contributed by atoms with Crippen molar-refractivity contribution in [3.05, 3.63) is 47.5 Å². The van der Waals surface area contributed by atoms with Crippen LogP contribution in [0.15, 0.2) is 41.4 Å². The van der Waals surface area contributed by atoms with Crippen LogP contribution in [0.5, 0.6) is 0 Å². The highest BCUT2D eigenvalue weighted by Crippen LogP contribution is 2.06. The van der Waals surface area contributed by atoms with Gasteiger partial charge >= 0.3 is 0 Å². The van der Waals surface area contributed by atoms with Crippen molar-refractivity contribution < 1.29 is 0 Å². The van der Waals surface area contributed by atoms with Crippen LogP contribution in [-0.2, 0) is 0 Å². The fourth-order valence-electron chi connectivity index (χ4n) is 1.16. The smallest absolute Gasteiger partial charge is 0.0991 e. The molecule has 0 fully saturated rings. The van der Waals surface area contributed by atoms with Gasteiger partial charge in [0.1, 0.15) is 0 Å². The van der Waals surface area contributed by atoms with Crippen molar-refractivity contribution in [1.29, 1.82) is 10.5 Å². The highest BCUT2D eigenvalue weighted by molar-refractivity contribution is 6.09. The third-order valence-electron chi connectivity index (χ3n) is 1.84. The molecule has 0 N–H and O–H groups in total. The van der Waals surface area contributed by atoms with Gasteiger partial charge in [0, 0.05) is 18.7 Å². The zero-order valence-electron chi connectivity index (χ0n) is 8.31. The summed E-state index contributed by atoms with van der Waals surface area (Å²) in [5.41, 5.74) is 2.11. The first-order valence-corrected chi connectivity index (χ1v) is 4.35. The standard InChI is InChI=1S/C12H9N3/c1-15-12(6-3-7-13)11-5-2-4-10(8-11)9-14/h2-6,8H,1H3/b6-3-,15-12?. The normalized spacial score (nSPS) is 11.0. The van der Waals surface area contributed by atoms with Crippen LogP contribution in [0.2, 0.25) is 0 Å². The zero-order chi connectivity index (χ0) is 11.1. The Morgan fingerprint density at radius 1 is 1.40 bits per heavy atom. The van der Waals surface area contributed by atoms with E-state index in [0.29, 0.717) is 11.3 Å². The quantitative estimate of drug-likeness (QED) is 0.535. The Hall–Kier alpha value is -2.39. The molecule has 3 heteroatoms. The highest BCUT2D eigenvalue weighted by atomic mass is 14.7. The van der Waals surface area contributed by atoms with E-state index in [1.54, 1.807) is 31.3 Å². The van der Waals surface area contributed by atoms with Crippen molar-refractivity contribution in [2.75, 3.05) is 7.05 Å². The van der Waals surface area contributed by atoms with Gasteiger partial charge in [0.15, 0.2) is 0 Å². The molecule has 15 heavy (non-hydrogen) atoms. The molecule has 0 aromatic heterocycles. The van der Waals surface area contributed by atoms with Crippen LogP contribution in [0.25, 0.3) is 0 Å². The molecule has 72 valence electrons. The number of hydrogen-bond acceptors (Lipinski definition) is 3. The number of rotatable bonds is 2. The third kappa shape index (κ3) is 2.79. The van der Waals surface area contributed by atoms with E-state index in [1.807, 2.05) is 12.1 Å². The molecule has 0 unspecified atom stereocenters. The SMILES string of the molecule is CN=C(/C=C\C#N)c1cccc(C#N)c1. The van der Waals surface area contributed by atoms with Crippen LogP contribution in [-0.4, -0.2) is 12.8 Å². The van der Waals surface area contributed by atoms with Crippen molar-refractivity contribution in [3.63, 3.8) is 0 Å². The molecule has 0 radical (unpaired) electrons. The second-order valence-electron chi connectivity index (χ2n) is 2.76. The predicted octanol–water partition coefficient (Wildman–Crippen LogP) is 2.06. The van der Waals surface area contributed by atoms with Gasteiger partial charge < -0.3 is 0 Å². The van der Waals surface area contributed by atoms with Crippen LogP contribution >= 0.6 is 0 Å². The minimum Gasteiger partial charge on any atom is -0.288 e. The maximum atomic E-state index is 8.73. The fraction of sp³-hybridized carbons (Fsp3) is 0.0833.